The number of nitrogens with one attached hydrogen (secondary N) is 1. The second kappa shape index (κ2) is 10.4. The highest BCUT2D eigenvalue weighted by molar-refractivity contribution is 6.30. The molecule has 1 unspecified atom stereocenters. The van der Waals surface area contributed by atoms with Crippen LogP contribution in [0.2, 0.25) is 5.02 Å². The minimum Gasteiger partial charge on any atom is -0.333 e. The first-order valence-electron chi connectivity index (χ1n) is 10.7. The second-order valence-corrected chi connectivity index (χ2v) is 8.42. The lowest BCUT2D eigenvalue weighted by Gasteiger charge is -2.34. The maximum atomic E-state index is 13.2. The monoisotopic (exact) mass is 447 g/mol. The van der Waals surface area contributed by atoms with Crippen LogP contribution in [0, 0.1) is 0 Å². The summed E-state index contributed by atoms with van der Waals surface area (Å²) in [5, 5.41) is 4.04. The molecule has 4 rings (SSSR count). The lowest BCUT2D eigenvalue weighted by molar-refractivity contribution is -0.143. The smallest absolute Gasteiger partial charge is 0.242 e. The van der Waals surface area contributed by atoms with Crippen molar-refractivity contribution in [3.63, 3.8) is 0 Å². The van der Waals surface area contributed by atoms with E-state index in [0.29, 0.717) is 31.2 Å². The van der Waals surface area contributed by atoms with Gasteiger partial charge in [-0.25, -0.2) is 0 Å². The number of carbonyl (C=O) groups excluding carboxylic acids is 2. The average molecular weight is 448 g/mol. The molecule has 6 heteroatoms. The van der Waals surface area contributed by atoms with Gasteiger partial charge < -0.3 is 9.80 Å². The molecule has 0 aliphatic carbocycles. The zero-order valence-electron chi connectivity index (χ0n) is 17.8. The maximum absolute atomic E-state index is 13.2. The number of rotatable bonds is 7. The third kappa shape index (κ3) is 5.75. The molecule has 5 nitrogen and oxygen atoms in total. The second-order valence-electron chi connectivity index (χ2n) is 7.98. The van der Waals surface area contributed by atoms with Crippen molar-refractivity contribution in [3.05, 3.63) is 107 Å². The van der Waals surface area contributed by atoms with E-state index in [0.717, 1.165) is 16.7 Å². The van der Waals surface area contributed by atoms with Crippen LogP contribution < -0.4 is 5.32 Å². The molecule has 2 amide bonds. The molecule has 0 radical (unpaired) electrons. The van der Waals surface area contributed by atoms with Gasteiger partial charge in [0.1, 0.15) is 6.54 Å². The number of nitrogens with zero attached hydrogens (tertiary/aromatic N) is 2. The molecule has 0 bridgehead atoms. The van der Waals surface area contributed by atoms with Crippen LogP contribution in [0.15, 0.2) is 84.9 Å². The van der Waals surface area contributed by atoms with E-state index in [-0.39, 0.29) is 24.4 Å². The molecule has 1 saturated heterocycles. The summed E-state index contributed by atoms with van der Waals surface area (Å²) in [6.45, 7) is 1.38. The van der Waals surface area contributed by atoms with Crippen LogP contribution in [0.4, 0.5) is 0 Å². The predicted molar refractivity (Wildman–Crippen MR) is 126 cm³/mol. The van der Waals surface area contributed by atoms with Gasteiger partial charge in [0.15, 0.2) is 0 Å². The van der Waals surface area contributed by atoms with Gasteiger partial charge in [-0.15, -0.1) is 0 Å². The third-order valence-electron chi connectivity index (χ3n) is 5.64. The molecule has 1 heterocycles. The Labute approximate surface area is 193 Å². The van der Waals surface area contributed by atoms with E-state index in [9.17, 15) is 9.59 Å². The van der Waals surface area contributed by atoms with Gasteiger partial charge in [0, 0.05) is 30.6 Å². The number of amides is 2. The zero-order valence-corrected chi connectivity index (χ0v) is 18.5. The summed E-state index contributed by atoms with van der Waals surface area (Å²) < 4.78 is 0. The summed E-state index contributed by atoms with van der Waals surface area (Å²) in [5.41, 5.74) is 3.13. The Hall–Kier alpha value is -3.15. The van der Waals surface area contributed by atoms with Gasteiger partial charge >= 0.3 is 0 Å². The van der Waals surface area contributed by atoms with Gasteiger partial charge in [0.2, 0.25) is 11.8 Å². The first-order valence-corrected chi connectivity index (χ1v) is 11.1. The topological polar surface area (TPSA) is 52.7 Å². The van der Waals surface area contributed by atoms with Crippen molar-refractivity contribution in [1.29, 1.82) is 0 Å². The van der Waals surface area contributed by atoms with Crippen LogP contribution in [0.1, 0.15) is 29.2 Å². The van der Waals surface area contributed by atoms with Crippen molar-refractivity contribution in [2.45, 2.75) is 25.6 Å². The third-order valence-corrected chi connectivity index (χ3v) is 5.90. The largest absolute Gasteiger partial charge is 0.333 e. The average Bonchev–Trinajstić information content (AvgIpc) is 2.82. The van der Waals surface area contributed by atoms with Crippen LogP contribution in [0.25, 0.3) is 0 Å². The minimum absolute atomic E-state index is 0.0311. The minimum atomic E-state index is -0.0733. The molecule has 0 spiro atoms. The molecule has 1 aliphatic rings. The highest BCUT2D eigenvalue weighted by atomic mass is 35.5. The molecule has 1 aliphatic heterocycles. The van der Waals surface area contributed by atoms with Crippen molar-refractivity contribution < 1.29 is 9.59 Å². The first kappa shape index (κ1) is 22.1. The fourth-order valence-corrected chi connectivity index (χ4v) is 3.99. The van der Waals surface area contributed by atoms with Crippen LogP contribution >= 0.6 is 11.6 Å². The SMILES string of the molecule is O=C1CC(c2ccc(Cl)cc2)NCN1CC(=O)N(Cc1ccccc1)Cc1ccccc1. The Morgan fingerprint density at radius 1 is 0.906 bits per heavy atom. The summed E-state index contributed by atoms with van der Waals surface area (Å²) in [4.78, 5) is 29.5. The Morgan fingerprint density at radius 2 is 1.47 bits per heavy atom. The van der Waals surface area contributed by atoms with Gasteiger partial charge in [-0.2, -0.15) is 0 Å². The van der Waals surface area contributed by atoms with Gasteiger partial charge in [0.05, 0.1) is 6.67 Å². The molecule has 1 fully saturated rings. The molecule has 0 saturated carbocycles. The zero-order chi connectivity index (χ0) is 22.3. The molecule has 3 aromatic carbocycles. The number of halogens is 1. The summed E-state index contributed by atoms with van der Waals surface area (Å²) in [6, 6.07) is 27.3. The summed E-state index contributed by atoms with van der Waals surface area (Å²) >= 11 is 5.97. The lowest BCUT2D eigenvalue weighted by Crippen LogP contribution is -2.51. The highest BCUT2D eigenvalue weighted by Crippen LogP contribution is 2.23. The fraction of sp³-hybridized carbons (Fsp3) is 0.231. The van der Waals surface area contributed by atoms with Crippen molar-refractivity contribution in [1.82, 2.24) is 15.1 Å². The van der Waals surface area contributed by atoms with Crippen LogP contribution in [0.5, 0.6) is 0 Å². The first-order chi connectivity index (χ1) is 15.6. The molecule has 3 aromatic rings. The Bertz CT molecular complexity index is 1000. The number of hydrogen-bond donors (Lipinski definition) is 1. The van der Waals surface area contributed by atoms with E-state index in [1.54, 1.807) is 4.90 Å². The predicted octanol–water partition coefficient (Wildman–Crippen LogP) is 4.39. The van der Waals surface area contributed by atoms with E-state index < -0.39 is 0 Å². The van der Waals surface area contributed by atoms with Crippen LogP contribution in [-0.4, -0.2) is 34.8 Å². The quantitative estimate of drug-likeness (QED) is 0.584. The molecule has 1 N–H and O–H groups in total. The molecule has 0 aromatic heterocycles. The van der Waals surface area contributed by atoms with E-state index in [4.69, 9.17) is 11.6 Å². The Kier molecular flexibility index (Phi) is 7.20. The van der Waals surface area contributed by atoms with E-state index in [1.807, 2.05) is 89.8 Å². The van der Waals surface area contributed by atoms with Crippen LogP contribution in [0.3, 0.4) is 0 Å². The Balaban J connectivity index is 1.42. The van der Waals surface area contributed by atoms with Gasteiger partial charge in [-0.3, -0.25) is 14.9 Å². The summed E-state index contributed by atoms with van der Waals surface area (Å²) in [6.07, 6.45) is 0.312. The van der Waals surface area contributed by atoms with Gasteiger partial charge in [-0.1, -0.05) is 84.4 Å². The van der Waals surface area contributed by atoms with Crippen molar-refractivity contribution in [2.75, 3.05) is 13.2 Å². The van der Waals surface area contributed by atoms with E-state index in [1.165, 1.54) is 0 Å². The van der Waals surface area contributed by atoms with Gasteiger partial charge in [-0.05, 0) is 28.8 Å². The number of hydrogen-bond acceptors (Lipinski definition) is 3. The van der Waals surface area contributed by atoms with Crippen molar-refractivity contribution >= 4 is 23.4 Å². The molecular weight excluding hydrogens is 422 g/mol. The number of carbonyl (C=O) groups is 2. The standard InChI is InChI=1S/C26H26ClN3O2/c27-23-13-11-22(12-14-23)24-15-25(31)30(19-28-24)18-26(32)29(16-20-7-3-1-4-8-20)17-21-9-5-2-6-10-21/h1-14,24,28H,15-19H2. The lowest BCUT2D eigenvalue weighted by atomic mass is 10.0. The normalized spacial score (nSPS) is 16.1. The van der Waals surface area contributed by atoms with E-state index in [2.05, 4.69) is 5.32 Å². The number of benzene rings is 3. The van der Waals surface area contributed by atoms with Crippen molar-refractivity contribution in [2.24, 2.45) is 0 Å². The van der Waals surface area contributed by atoms with Crippen LogP contribution in [-0.2, 0) is 22.7 Å². The fourth-order valence-electron chi connectivity index (χ4n) is 3.86. The molecule has 164 valence electrons. The highest BCUT2D eigenvalue weighted by Gasteiger charge is 2.29. The Morgan fingerprint density at radius 3 is 2.00 bits per heavy atom. The maximum Gasteiger partial charge on any atom is 0.242 e. The van der Waals surface area contributed by atoms with Crippen molar-refractivity contribution in [3.8, 4) is 0 Å². The molecule has 32 heavy (non-hydrogen) atoms. The summed E-state index contributed by atoms with van der Waals surface area (Å²) in [7, 11) is 0. The summed E-state index contributed by atoms with van der Waals surface area (Å²) in [5.74, 6) is -0.103. The van der Waals surface area contributed by atoms with E-state index >= 15 is 0 Å². The molecule has 1 atom stereocenters. The molecular formula is C26H26ClN3O2. The van der Waals surface area contributed by atoms with Gasteiger partial charge in [0.25, 0.3) is 0 Å².